The van der Waals surface area contributed by atoms with Crippen LogP contribution in [0.2, 0.25) is 0 Å². The molecule has 4 rings (SSSR count). The van der Waals surface area contributed by atoms with Crippen molar-refractivity contribution in [2.45, 2.75) is 12.8 Å². The number of hydrogen-bond acceptors (Lipinski definition) is 5. The zero-order valence-electron chi connectivity index (χ0n) is 12.3. The molecular weight excluding hydrogens is 294 g/mol. The van der Waals surface area contributed by atoms with E-state index in [2.05, 4.69) is 10.1 Å². The fraction of sp³-hybridized carbons (Fsp3) is 0.250. The first-order chi connectivity index (χ1) is 11.2. The van der Waals surface area contributed by atoms with Gasteiger partial charge in [-0.3, -0.25) is 9.59 Å². The van der Waals surface area contributed by atoms with Crippen LogP contribution in [-0.4, -0.2) is 26.6 Å². The number of para-hydroxylation sites is 1. The summed E-state index contributed by atoms with van der Waals surface area (Å²) in [7, 11) is 0. The van der Waals surface area contributed by atoms with Crippen molar-refractivity contribution in [1.29, 1.82) is 0 Å². The number of anilines is 2. The standard InChI is InChI=1S/C16H15N5O2/c17-15-18-16(19-21(15)10-6-2-1-3-7-10)20-13(22)11-8-4-5-9-12(11)14(20)23/h1-7,11-12H,8-9H2,(H2,17,18,19)/t11-,12-/m1/s1. The number of nitrogens with two attached hydrogens (primary N) is 1. The van der Waals surface area contributed by atoms with Crippen LogP contribution in [0, 0.1) is 11.8 Å². The SMILES string of the molecule is Nc1nc(N2C(=O)[C@@H]3CC=CC[C@H]3C2=O)nn1-c1ccccc1. The van der Waals surface area contributed by atoms with Crippen LogP contribution in [0.4, 0.5) is 11.9 Å². The highest BCUT2D eigenvalue weighted by atomic mass is 16.2. The molecule has 1 aromatic carbocycles. The topological polar surface area (TPSA) is 94.1 Å². The normalized spacial score (nSPS) is 23.4. The van der Waals surface area contributed by atoms with Crippen LogP contribution in [0.5, 0.6) is 0 Å². The summed E-state index contributed by atoms with van der Waals surface area (Å²) in [5.74, 6) is -0.908. The fourth-order valence-corrected chi connectivity index (χ4v) is 3.16. The summed E-state index contributed by atoms with van der Waals surface area (Å²) in [5, 5.41) is 4.27. The molecule has 23 heavy (non-hydrogen) atoms. The Morgan fingerprint density at radius 2 is 1.61 bits per heavy atom. The van der Waals surface area contributed by atoms with Gasteiger partial charge in [-0.2, -0.15) is 9.67 Å². The molecule has 116 valence electrons. The van der Waals surface area contributed by atoms with Gasteiger partial charge in [-0.05, 0) is 25.0 Å². The molecule has 2 aliphatic rings. The van der Waals surface area contributed by atoms with Gasteiger partial charge in [0.25, 0.3) is 5.95 Å². The summed E-state index contributed by atoms with van der Waals surface area (Å²) in [4.78, 5) is 30.3. The molecule has 1 aromatic heterocycles. The first-order valence-electron chi connectivity index (χ1n) is 7.47. The van der Waals surface area contributed by atoms with Crippen molar-refractivity contribution in [3.8, 4) is 5.69 Å². The number of carbonyl (C=O) groups excluding carboxylic acids is 2. The maximum Gasteiger partial charge on any atom is 0.260 e. The predicted octanol–water partition coefficient (Wildman–Crippen LogP) is 1.31. The second-order valence-electron chi connectivity index (χ2n) is 5.69. The number of hydrogen-bond donors (Lipinski definition) is 1. The van der Waals surface area contributed by atoms with Crippen molar-refractivity contribution >= 4 is 23.7 Å². The monoisotopic (exact) mass is 309 g/mol. The number of nitrogens with zero attached hydrogens (tertiary/aromatic N) is 4. The van der Waals surface area contributed by atoms with Gasteiger partial charge in [0.2, 0.25) is 17.8 Å². The number of carbonyl (C=O) groups is 2. The second-order valence-corrected chi connectivity index (χ2v) is 5.69. The van der Waals surface area contributed by atoms with Crippen molar-refractivity contribution in [3.63, 3.8) is 0 Å². The smallest absolute Gasteiger partial charge is 0.260 e. The van der Waals surface area contributed by atoms with Crippen LogP contribution >= 0.6 is 0 Å². The molecule has 2 amide bonds. The Bertz CT molecular complexity index is 785. The van der Waals surface area contributed by atoms with Crippen molar-refractivity contribution < 1.29 is 9.59 Å². The molecule has 1 fully saturated rings. The van der Waals surface area contributed by atoms with Crippen LogP contribution in [0.15, 0.2) is 42.5 Å². The Hall–Kier alpha value is -2.96. The van der Waals surface area contributed by atoms with E-state index in [4.69, 9.17) is 5.73 Å². The van der Waals surface area contributed by atoms with E-state index in [1.807, 2.05) is 42.5 Å². The maximum atomic E-state index is 12.5. The average Bonchev–Trinajstić information content (AvgIpc) is 3.07. The number of rotatable bonds is 2. The van der Waals surface area contributed by atoms with Gasteiger partial charge in [0, 0.05) is 0 Å². The highest BCUT2D eigenvalue weighted by Gasteiger charge is 2.49. The summed E-state index contributed by atoms with van der Waals surface area (Å²) in [6.45, 7) is 0. The molecule has 1 saturated heterocycles. The molecule has 7 heteroatoms. The summed E-state index contributed by atoms with van der Waals surface area (Å²) in [6.07, 6.45) is 5.06. The number of fused-ring (bicyclic) bond motifs is 1. The molecule has 0 bridgehead atoms. The third-order valence-electron chi connectivity index (χ3n) is 4.33. The number of nitrogen functional groups attached to an aromatic ring is 1. The van der Waals surface area contributed by atoms with Crippen molar-refractivity contribution in [2.75, 3.05) is 10.6 Å². The first kappa shape index (κ1) is 13.7. The van der Waals surface area contributed by atoms with Crippen molar-refractivity contribution in [1.82, 2.24) is 14.8 Å². The molecular formula is C16H15N5O2. The third-order valence-corrected chi connectivity index (χ3v) is 4.33. The van der Waals surface area contributed by atoms with Gasteiger partial charge < -0.3 is 5.73 Å². The minimum atomic E-state index is -0.308. The molecule has 2 heterocycles. The maximum absolute atomic E-state index is 12.5. The second kappa shape index (κ2) is 5.05. The van der Waals surface area contributed by atoms with E-state index in [0.717, 1.165) is 10.6 Å². The van der Waals surface area contributed by atoms with Crippen LogP contribution in [0.3, 0.4) is 0 Å². The van der Waals surface area contributed by atoms with E-state index in [1.165, 1.54) is 4.68 Å². The van der Waals surface area contributed by atoms with Crippen LogP contribution in [-0.2, 0) is 9.59 Å². The van der Waals surface area contributed by atoms with Crippen LogP contribution in [0.25, 0.3) is 5.69 Å². The lowest BCUT2D eigenvalue weighted by atomic mass is 9.85. The molecule has 0 unspecified atom stereocenters. The summed E-state index contributed by atoms with van der Waals surface area (Å²) >= 11 is 0. The van der Waals surface area contributed by atoms with E-state index in [9.17, 15) is 9.59 Å². The van der Waals surface area contributed by atoms with E-state index >= 15 is 0 Å². The van der Waals surface area contributed by atoms with Gasteiger partial charge in [0.15, 0.2) is 0 Å². The minimum absolute atomic E-state index is 0.0516. The molecule has 0 saturated carbocycles. The number of allylic oxidation sites excluding steroid dienone is 2. The molecule has 0 radical (unpaired) electrons. The molecule has 2 aromatic rings. The Labute approximate surface area is 132 Å². The van der Waals surface area contributed by atoms with E-state index in [1.54, 1.807) is 0 Å². The van der Waals surface area contributed by atoms with E-state index < -0.39 is 0 Å². The average molecular weight is 309 g/mol. The highest BCUT2D eigenvalue weighted by Crippen LogP contribution is 2.36. The highest BCUT2D eigenvalue weighted by molar-refractivity contribution is 6.21. The zero-order chi connectivity index (χ0) is 16.0. The lowest BCUT2D eigenvalue weighted by Gasteiger charge is -2.14. The van der Waals surface area contributed by atoms with Crippen LogP contribution < -0.4 is 10.6 Å². The minimum Gasteiger partial charge on any atom is -0.368 e. The number of benzene rings is 1. The van der Waals surface area contributed by atoms with Gasteiger partial charge in [-0.15, -0.1) is 5.10 Å². The van der Waals surface area contributed by atoms with Gasteiger partial charge in [-0.1, -0.05) is 30.4 Å². The van der Waals surface area contributed by atoms with Gasteiger partial charge >= 0.3 is 0 Å². The third kappa shape index (κ3) is 2.04. The van der Waals surface area contributed by atoms with E-state index in [0.29, 0.717) is 12.8 Å². The van der Waals surface area contributed by atoms with Gasteiger partial charge in [-0.25, -0.2) is 4.90 Å². The predicted molar refractivity (Wildman–Crippen MR) is 83.6 cm³/mol. The zero-order valence-corrected chi connectivity index (χ0v) is 12.3. The number of aromatic nitrogens is 3. The molecule has 2 atom stereocenters. The molecule has 2 N–H and O–H groups in total. The molecule has 0 spiro atoms. The van der Waals surface area contributed by atoms with Crippen molar-refractivity contribution in [3.05, 3.63) is 42.5 Å². The Morgan fingerprint density at radius 3 is 2.22 bits per heavy atom. The summed E-state index contributed by atoms with van der Waals surface area (Å²) < 4.78 is 1.43. The van der Waals surface area contributed by atoms with Crippen molar-refractivity contribution in [2.24, 2.45) is 11.8 Å². The lowest BCUT2D eigenvalue weighted by Crippen LogP contribution is -2.32. The number of amides is 2. The molecule has 1 aliphatic carbocycles. The summed E-state index contributed by atoms with van der Waals surface area (Å²) in [5.41, 5.74) is 6.63. The largest absolute Gasteiger partial charge is 0.368 e. The Balaban J connectivity index is 1.72. The Morgan fingerprint density at radius 1 is 1.00 bits per heavy atom. The van der Waals surface area contributed by atoms with Gasteiger partial charge in [0.1, 0.15) is 0 Å². The van der Waals surface area contributed by atoms with E-state index in [-0.39, 0.29) is 35.5 Å². The molecule has 7 nitrogen and oxygen atoms in total. The first-order valence-corrected chi connectivity index (χ1v) is 7.47. The molecule has 1 aliphatic heterocycles. The van der Waals surface area contributed by atoms with Crippen LogP contribution in [0.1, 0.15) is 12.8 Å². The number of imide groups is 1. The summed E-state index contributed by atoms with van der Waals surface area (Å²) in [6, 6.07) is 9.23. The lowest BCUT2D eigenvalue weighted by molar-refractivity contribution is -0.122. The quantitative estimate of drug-likeness (QED) is 0.666. The van der Waals surface area contributed by atoms with Gasteiger partial charge in [0.05, 0.1) is 17.5 Å². The fourth-order valence-electron chi connectivity index (χ4n) is 3.16. The Kier molecular flexibility index (Phi) is 3.00.